The molecular weight excluding hydrogens is 437 g/mol. The number of halogens is 2. The quantitative estimate of drug-likeness (QED) is 0.526. The summed E-state index contributed by atoms with van der Waals surface area (Å²) in [6, 6.07) is 10.3. The van der Waals surface area contributed by atoms with E-state index in [1.165, 1.54) is 6.26 Å². The Kier molecular flexibility index (Phi) is 6.32. The molecule has 2 N–H and O–H groups in total. The van der Waals surface area contributed by atoms with E-state index in [4.69, 9.17) is 27.6 Å². The van der Waals surface area contributed by atoms with Crippen molar-refractivity contribution in [3.05, 3.63) is 87.6 Å². The van der Waals surface area contributed by atoms with E-state index in [0.29, 0.717) is 52.3 Å². The number of furan rings is 1. The first-order valence-electron chi connectivity index (χ1n) is 9.81. The highest BCUT2D eigenvalue weighted by molar-refractivity contribution is 6.32. The van der Waals surface area contributed by atoms with E-state index in [9.17, 15) is 9.90 Å². The van der Waals surface area contributed by atoms with E-state index in [-0.39, 0.29) is 6.03 Å². The molecule has 3 aromatic rings. The molecule has 1 aliphatic heterocycles. The van der Waals surface area contributed by atoms with E-state index < -0.39 is 6.10 Å². The Labute approximate surface area is 190 Å². The molecule has 31 heavy (non-hydrogen) atoms. The average Bonchev–Trinajstić information content (AvgIpc) is 3.31. The monoisotopic (exact) mass is 457 g/mol. The number of pyridine rings is 1. The topological polar surface area (TPSA) is 78.6 Å². The standard InChI is InChI=1S/C23H21Cl2N3O3/c1-14-4-5-17(12-18(14)24)27-23(30)28-8-6-15(7-9-28)21-19(25)11-16(13-26-21)22(29)20-3-2-10-31-20/h2-6,10-13,22,29H,7-9H2,1H3,(H,27,30). The van der Waals surface area contributed by atoms with Gasteiger partial charge in [-0.3, -0.25) is 4.98 Å². The number of aromatic nitrogens is 1. The number of benzene rings is 1. The van der Waals surface area contributed by atoms with Crippen LogP contribution < -0.4 is 5.32 Å². The zero-order valence-corrected chi connectivity index (χ0v) is 18.3. The van der Waals surface area contributed by atoms with Gasteiger partial charge in [-0.2, -0.15) is 0 Å². The minimum Gasteiger partial charge on any atom is -0.466 e. The van der Waals surface area contributed by atoms with Gasteiger partial charge in [0.1, 0.15) is 11.9 Å². The molecule has 0 saturated carbocycles. The lowest BCUT2D eigenvalue weighted by atomic mass is 10.0. The van der Waals surface area contributed by atoms with Crippen LogP contribution in [-0.2, 0) is 0 Å². The molecule has 0 bridgehead atoms. The molecule has 160 valence electrons. The molecule has 6 nitrogen and oxygen atoms in total. The van der Waals surface area contributed by atoms with E-state index in [1.54, 1.807) is 35.4 Å². The molecule has 0 spiro atoms. The van der Waals surface area contributed by atoms with Gasteiger partial charge >= 0.3 is 6.03 Å². The Morgan fingerprint density at radius 2 is 2.10 bits per heavy atom. The van der Waals surface area contributed by atoms with Crippen LogP contribution >= 0.6 is 23.2 Å². The second kappa shape index (κ2) is 9.14. The van der Waals surface area contributed by atoms with Crippen molar-refractivity contribution in [3.63, 3.8) is 0 Å². The number of aryl methyl sites for hydroxylation is 1. The van der Waals surface area contributed by atoms with Gasteiger partial charge in [-0.15, -0.1) is 0 Å². The van der Waals surface area contributed by atoms with Crippen LogP contribution in [0.5, 0.6) is 0 Å². The van der Waals surface area contributed by atoms with E-state index in [0.717, 1.165) is 11.1 Å². The molecular formula is C23H21Cl2N3O3. The fourth-order valence-electron chi connectivity index (χ4n) is 3.39. The third kappa shape index (κ3) is 4.77. The van der Waals surface area contributed by atoms with Crippen molar-refractivity contribution < 1.29 is 14.3 Å². The predicted molar refractivity (Wildman–Crippen MR) is 121 cm³/mol. The van der Waals surface area contributed by atoms with Crippen LogP contribution in [0.3, 0.4) is 0 Å². The maximum atomic E-state index is 12.6. The first kappa shape index (κ1) is 21.4. The highest BCUT2D eigenvalue weighted by atomic mass is 35.5. The van der Waals surface area contributed by atoms with Crippen molar-refractivity contribution in [3.8, 4) is 0 Å². The summed E-state index contributed by atoms with van der Waals surface area (Å²) in [5.74, 6) is 0.430. The summed E-state index contributed by atoms with van der Waals surface area (Å²) < 4.78 is 5.24. The first-order valence-corrected chi connectivity index (χ1v) is 10.6. The highest BCUT2D eigenvalue weighted by Crippen LogP contribution is 2.31. The smallest absolute Gasteiger partial charge is 0.322 e. The van der Waals surface area contributed by atoms with Gasteiger partial charge in [-0.25, -0.2) is 4.79 Å². The molecule has 1 aliphatic rings. The summed E-state index contributed by atoms with van der Waals surface area (Å²) in [4.78, 5) is 18.7. The van der Waals surface area contributed by atoms with Gasteiger partial charge in [0.05, 0.1) is 17.0 Å². The summed E-state index contributed by atoms with van der Waals surface area (Å²) in [6.45, 7) is 2.88. The second-order valence-corrected chi connectivity index (χ2v) is 8.15. The van der Waals surface area contributed by atoms with Crippen LogP contribution in [0.25, 0.3) is 5.57 Å². The minimum absolute atomic E-state index is 0.189. The molecule has 8 heteroatoms. The Bertz CT molecular complexity index is 1130. The van der Waals surface area contributed by atoms with Gasteiger partial charge in [0.25, 0.3) is 0 Å². The summed E-state index contributed by atoms with van der Waals surface area (Å²) in [6.07, 6.45) is 4.74. The van der Waals surface area contributed by atoms with Crippen LogP contribution in [0.4, 0.5) is 10.5 Å². The largest absolute Gasteiger partial charge is 0.466 e. The lowest BCUT2D eigenvalue weighted by Gasteiger charge is -2.27. The Hall–Kier alpha value is -2.80. The fourth-order valence-corrected chi connectivity index (χ4v) is 3.87. The van der Waals surface area contributed by atoms with Crippen LogP contribution in [0.1, 0.15) is 35.1 Å². The van der Waals surface area contributed by atoms with E-state index in [1.807, 2.05) is 25.1 Å². The predicted octanol–water partition coefficient (Wildman–Crippen LogP) is 5.69. The fraction of sp³-hybridized carbons (Fsp3) is 0.217. The number of anilines is 1. The number of hydrogen-bond donors (Lipinski definition) is 2. The van der Waals surface area contributed by atoms with Crippen molar-refractivity contribution in [2.75, 3.05) is 18.4 Å². The molecule has 0 saturated heterocycles. The number of aliphatic hydroxyl groups excluding tert-OH is 1. The molecule has 1 atom stereocenters. The van der Waals surface area contributed by atoms with Crippen LogP contribution in [0, 0.1) is 6.92 Å². The molecule has 0 aliphatic carbocycles. The van der Waals surface area contributed by atoms with Crippen molar-refractivity contribution in [2.45, 2.75) is 19.4 Å². The number of carbonyl (C=O) groups is 1. The van der Waals surface area contributed by atoms with Gasteiger partial charge in [-0.1, -0.05) is 35.3 Å². The van der Waals surface area contributed by atoms with Gasteiger partial charge in [0.2, 0.25) is 0 Å². The van der Waals surface area contributed by atoms with Gasteiger partial charge < -0.3 is 19.7 Å². The Morgan fingerprint density at radius 3 is 2.74 bits per heavy atom. The molecule has 2 amide bonds. The van der Waals surface area contributed by atoms with Crippen LogP contribution in [0.2, 0.25) is 10.0 Å². The molecule has 0 fully saturated rings. The average molecular weight is 458 g/mol. The molecule has 3 heterocycles. The van der Waals surface area contributed by atoms with Gasteiger partial charge in [0, 0.05) is 35.6 Å². The molecule has 1 aromatic carbocycles. The number of nitrogens with one attached hydrogen (secondary N) is 1. The van der Waals surface area contributed by atoms with Crippen molar-refractivity contribution >= 4 is 40.5 Å². The normalized spacial score (nSPS) is 14.8. The van der Waals surface area contributed by atoms with E-state index in [2.05, 4.69) is 10.3 Å². The lowest BCUT2D eigenvalue weighted by Crippen LogP contribution is -2.38. The lowest BCUT2D eigenvalue weighted by molar-refractivity contribution is 0.189. The highest BCUT2D eigenvalue weighted by Gasteiger charge is 2.21. The Morgan fingerprint density at radius 1 is 1.26 bits per heavy atom. The summed E-state index contributed by atoms with van der Waals surface area (Å²) >= 11 is 12.6. The summed E-state index contributed by atoms with van der Waals surface area (Å²) in [5, 5.41) is 14.3. The third-order valence-electron chi connectivity index (χ3n) is 5.21. The second-order valence-electron chi connectivity index (χ2n) is 7.34. The van der Waals surface area contributed by atoms with Crippen LogP contribution in [0.15, 0.2) is 59.4 Å². The van der Waals surface area contributed by atoms with Crippen molar-refractivity contribution in [2.24, 2.45) is 0 Å². The number of amides is 2. The number of carbonyl (C=O) groups excluding carboxylic acids is 1. The summed E-state index contributed by atoms with van der Waals surface area (Å²) in [5.41, 5.74) is 3.79. The van der Waals surface area contributed by atoms with Crippen LogP contribution in [-0.4, -0.2) is 34.1 Å². The molecule has 4 rings (SSSR count). The third-order valence-corrected chi connectivity index (χ3v) is 5.91. The van der Waals surface area contributed by atoms with E-state index >= 15 is 0 Å². The zero-order chi connectivity index (χ0) is 22.0. The van der Waals surface area contributed by atoms with Gasteiger partial charge in [-0.05, 0) is 54.8 Å². The zero-order valence-electron chi connectivity index (χ0n) is 16.8. The number of aliphatic hydroxyl groups is 1. The number of rotatable bonds is 4. The SMILES string of the molecule is Cc1ccc(NC(=O)N2CC=C(c3ncc(C(O)c4ccco4)cc3Cl)CC2)cc1Cl. The molecule has 2 aromatic heterocycles. The van der Waals surface area contributed by atoms with Crippen molar-refractivity contribution in [1.29, 1.82) is 0 Å². The van der Waals surface area contributed by atoms with Gasteiger partial charge in [0.15, 0.2) is 0 Å². The Balaban J connectivity index is 1.43. The maximum absolute atomic E-state index is 12.6. The number of nitrogens with zero attached hydrogens (tertiary/aromatic N) is 2. The molecule has 0 radical (unpaired) electrons. The first-order chi connectivity index (χ1) is 14.9. The molecule has 1 unspecified atom stereocenters. The maximum Gasteiger partial charge on any atom is 0.322 e. The van der Waals surface area contributed by atoms with Crippen molar-refractivity contribution in [1.82, 2.24) is 9.88 Å². The number of hydrogen-bond acceptors (Lipinski definition) is 4. The minimum atomic E-state index is -0.927. The summed E-state index contributed by atoms with van der Waals surface area (Å²) in [7, 11) is 0. The number of urea groups is 1.